The number of urea groups is 1. The third-order valence-corrected chi connectivity index (χ3v) is 4.75. The van der Waals surface area contributed by atoms with Crippen molar-refractivity contribution in [2.45, 2.75) is 45.2 Å². The monoisotopic (exact) mass is 333 g/mol. The summed E-state index contributed by atoms with van der Waals surface area (Å²) in [6.07, 6.45) is 1.77. The van der Waals surface area contributed by atoms with E-state index in [0.29, 0.717) is 12.5 Å². The molecule has 5 nitrogen and oxygen atoms in total. The molecule has 1 aliphatic heterocycles. The van der Waals surface area contributed by atoms with E-state index in [0.717, 1.165) is 25.9 Å². The SMILES string of the molecule is CC(NC(C)(C)CNC(=O)N1CCC(CO)CC1)c1ccccc1. The molecule has 1 aliphatic rings. The molecule has 1 saturated heterocycles. The Morgan fingerprint density at radius 2 is 1.92 bits per heavy atom. The van der Waals surface area contributed by atoms with Crippen LogP contribution in [0.3, 0.4) is 0 Å². The van der Waals surface area contributed by atoms with Gasteiger partial charge in [-0.2, -0.15) is 0 Å². The Kier molecular flexibility index (Phi) is 6.63. The van der Waals surface area contributed by atoms with Gasteiger partial charge >= 0.3 is 6.03 Å². The second-order valence-electron chi connectivity index (χ2n) is 7.43. The molecule has 0 radical (unpaired) electrons. The summed E-state index contributed by atoms with van der Waals surface area (Å²) in [5, 5.41) is 15.8. The molecule has 0 aliphatic carbocycles. The van der Waals surface area contributed by atoms with Gasteiger partial charge in [-0.05, 0) is 45.1 Å². The van der Waals surface area contributed by atoms with Gasteiger partial charge in [-0.15, -0.1) is 0 Å². The molecule has 0 spiro atoms. The minimum Gasteiger partial charge on any atom is -0.396 e. The zero-order chi connectivity index (χ0) is 17.6. The normalized spacial score (nSPS) is 17.6. The molecule has 1 aromatic carbocycles. The van der Waals surface area contributed by atoms with Crippen LogP contribution < -0.4 is 10.6 Å². The van der Waals surface area contributed by atoms with E-state index in [4.69, 9.17) is 0 Å². The minimum atomic E-state index is -0.200. The van der Waals surface area contributed by atoms with Crippen LogP contribution in [0.1, 0.15) is 45.2 Å². The summed E-state index contributed by atoms with van der Waals surface area (Å²) < 4.78 is 0. The number of carbonyl (C=O) groups is 1. The van der Waals surface area contributed by atoms with Gasteiger partial charge in [-0.1, -0.05) is 30.3 Å². The van der Waals surface area contributed by atoms with Crippen LogP contribution in [0.2, 0.25) is 0 Å². The van der Waals surface area contributed by atoms with Gasteiger partial charge in [-0.25, -0.2) is 4.79 Å². The second kappa shape index (κ2) is 8.49. The van der Waals surface area contributed by atoms with E-state index in [-0.39, 0.29) is 24.2 Å². The number of benzene rings is 1. The first-order valence-corrected chi connectivity index (χ1v) is 8.87. The molecular weight excluding hydrogens is 302 g/mol. The second-order valence-corrected chi connectivity index (χ2v) is 7.43. The van der Waals surface area contributed by atoms with Crippen LogP contribution in [-0.2, 0) is 0 Å². The number of aliphatic hydroxyl groups excluding tert-OH is 1. The first kappa shape index (κ1) is 18.7. The van der Waals surface area contributed by atoms with Crippen molar-refractivity contribution < 1.29 is 9.90 Å². The van der Waals surface area contributed by atoms with Crippen LogP contribution in [0.25, 0.3) is 0 Å². The molecule has 134 valence electrons. The number of amides is 2. The van der Waals surface area contributed by atoms with Crippen molar-refractivity contribution in [3.05, 3.63) is 35.9 Å². The summed E-state index contributed by atoms with van der Waals surface area (Å²) in [5.41, 5.74) is 1.04. The number of aliphatic hydroxyl groups is 1. The van der Waals surface area contributed by atoms with Crippen molar-refractivity contribution in [1.82, 2.24) is 15.5 Å². The van der Waals surface area contributed by atoms with Crippen molar-refractivity contribution in [2.75, 3.05) is 26.2 Å². The number of hydrogen-bond acceptors (Lipinski definition) is 3. The molecule has 0 saturated carbocycles. The Bertz CT molecular complexity index is 511. The molecule has 1 unspecified atom stereocenters. The Morgan fingerprint density at radius 3 is 2.50 bits per heavy atom. The van der Waals surface area contributed by atoms with Crippen molar-refractivity contribution in [1.29, 1.82) is 0 Å². The lowest BCUT2D eigenvalue weighted by Gasteiger charge is -2.34. The van der Waals surface area contributed by atoms with Gasteiger partial charge < -0.3 is 20.6 Å². The molecule has 0 bridgehead atoms. The van der Waals surface area contributed by atoms with Crippen LogP contribution >= 0.6 is 0 Å². The van der Waals surface area contributed by atoms with Crippen LogP contribution in [-0.4, -0.2) is 47.8 Å². The van der Waals surface area contributed by atoms with Gasteiger partial charge in [0.25, 0.3) is 0 Å². The predicted molar refractivity (Wildman–Crippen MR) is 96.9 cm³/mol. The molecule has 1 aromatic rings. The molecule has 1 heterocycles. The smallest absolute Gasteiger partial charge is 0.317 e. The van der Waals surface area contributed by atoms with Gasteiger partial charge in [0.05, 0.1) is 0 Å². The Labute approximate surface area is 145 Å². The Hall–Kier alpha value is -1.59. The highest BCUT2D eigenvalue weighted by atomic mass is 16.3. The number of likely N-dealkylation sites (tertiary alicyclic amines) is 1. The Balaban J connectivity index is 1.78. The zero-order valence-corrected chi connectivity index (χ0v) is 15.1. The fraction of sp³-hybridized carbons (Fsp3) is 0.632. The highest BCUT2D eigenvalue weighted by molar-refractivity contribution is 5.74. The maximum absolute atomic E-state index is 12.3. The summed E-state index contributed by atoms with van der Waals surface area (Å²) in [4.78, 5) is 14.2. The number of nitrogens with one attached hydrogen (secondary N) is 2. The van der Waals surface area contributed by atoms with Crippen LogP contribution in [0, 0.1) is 5.92 Å². The lowest BCUT2D eigenvalue weighted by molar-refractivity contribution is 0.136. The number of nitrogens with zero attached hydrogens (tertiary/aromatic N) is 1. The lowest BCUT2D eigenvalue weighted by atomic mass is 9.98. The molecule has 2 rings (SSSR count). The topological polar surface area (TPSA) is 64.6 Å². The summed E-state index contributed by atoms with van der Waals surface area (Å²) in [6.45, 7) is 8.59. The van der Waals surface area contributed by atoms with Gasteiger partial charge in [0, 0.05) is 37.8 Å². The van der Waals surface area contributed by atoms with Gasteiger partial charge in [0.1, 0.15) is 0 Å². The average Bonchev–Trinajstić information content (AvgIpc) is 2.60. The van der Waals surface area contributed by atoms with E-state index in [1.807, 2.05) is 23.1 Å². The van der Waals surface area contributed by atoms with Crippen molar-refractivity contribution in [2.24, 2.45) is 5.92 Å². The highest BCUT2D eigenvalue weighted by Gasteiger charge is 2.25. The first-order valence-electron chi connectivity index (χ1n) is 8.87. The first-order chi connectivity index (χ1) is 11.4. The molecule has 0 aromatic heterocycles. The molecule has 5 heteroatoms. The van der Waals surface area contributed by atoms with Crippen LogP contribution in [0.4, 0.5) is 4.79 Å². The third-order valence-electron chi connectivity index (χ3n) is 4.75. The molecular formula is C19H31N3O2. The summed E-state index contributed by atoms with van der Waals surface area (Å²) in [6, 6.07) is 10.5. The minimum absolute atomic E-state index is 0.00590. The van der Waals surface area contributed by atoms with Gasteiger partial charge in [0.15, 0.2) is 0 Å². The van der Waals surface area contributed by atoms with E-state index < -0.39 is 0 Å². The standard InChI is InChI=1S/C19H31N3O2/c1-15(17-7-5-4-6-8-17)21-19(2,3)14-20-18(24)22-11-9-16(13-23)10-12-22/h4-8,15-16,21,23H,9-14H2,1-3H3,(H,20,24). The van der Waals surface area contributed by atoms with E-state index in [1.54, 1.807) is 0 Å². The maximum Gasteiger partial charge on any atom is 0.317 e. The fourth-order valence-corrected chi connectivity index (χ4v) is 3.19. The molecule has 1 fully saturated rings. The summed E-state index contributed by atoms with van der Waals surface area (Å²) >= 11 is 0. The average molecular weight is 333 g/mol. The zero-order valence-electron chi connectivity index (χ0n) is 15.1. The number of piperidine rings is 1. The van der Waals surface area contributed by atoms with Crippen LogP contribution in [0.15, 0.2) is 30.3 Å². The lowest BCUT2D eigenvalue weighted by Crippen LogP contribution is -2.53. The van der Waals surface area contributed by atoms with E-state index in [9.17, 15) is 9.90 Å². The summed E-state index contributed by atoms with van der Waals surface area (Å²) in [5.74, 6) is 0.346. The van der Waals surface area contributed by atoms with Crippen molar-refractivity contribution in [3.8, 4) is 0 Å². The van der Waals surface area contributed by atoms with Crippen LogP contribution in [0.5, 0.6) is 0 Å². The van der Waals surface area contributed by atoms with Crippen molar-refractivity contribution >= 4 is 6.03 Å². The van der Waals surface area contributed by atoms with E-state index in [1.165, 1.54) is 5.56 Å². The fourth-order valence-electron chi connectivity index (χ4n) is 3.19. The van der Waals surface area contributed by atoms with E-state index in [2.05, 4.69) is 43.5 Å². The molecule has 3 N–H and O–H groups in total. The largest absolute Gasteiger partial charge is 0.396 e. The third kappa shape index (κ3) is 5.49. The molecule has 1 atom stereocenters. The molecule has 2 amide bonds. The van der Waals surface area contributed by atoms with Gasteiger partial charge in [0.2, 0.25) is 0 Å². The quantitative estimate of drug-likeness (QED) is 0.749. The number of hydrogen-bond donors (Lipinski definition) is 3. The van der Waals surface area contributed by atoms with E-state index >= 15 is 0 Å². The van der Waals surface area contributed by atoms with Crippen molar-refractivity contribution in [3.63, 3.8) is 0 Å². The Morgan fingerprint density at radius 1 is 1.29 bits per heavy atom. The number of carbonyl (C=O) groups excluding carboxylic acids is 1. The molecule has 24 heavy (non-hydrogen) atoms. The van der Waals surface area contributed by atoms with Gasteiger partial charge in [-0.3, -0.25) is 0 Å². The highest BCUT2D eigenvalue weighted by Crippen LogP contribution is 2.17. The predicted octanol–water partition coefficient (Wildman–Crippen LogP) is 2.53. The summed E-state index contributed by atoms with van der Waals surface area (Å²) in [7, 11) is 0. The maximum atomic E-state index is 12.3. The number of rotatable bonds is 6.